The molecule has 7 aromatic rings. The second kappa shape index (κ2) is 12.1. The Balaban J connectivity index is 1.21. The molecule has 2 bridgehead atoms. The molecule has 0 saturated heterocycles. The van der Waals surface area contributed by atoms with Gasteiger partial charge in [0, 0.05) is 33.2 Å². The quantitative estimate of drug-likeness (QED) is 0.186. The van der Waals surface area contributed by atoms with Crippen molar-refractivity contribution >= 4 is 21.8 Å². The molecule has 2 unspecified atom stereocenters. The van der Waals surface area contributed by atoms with E-state index in [1.54, 1.807) is 0 Å². The molecule has 2 saturated carbocycles. The van der Waals surface area contributed by atoms with Crippen LogP contribution in [0.2, 0.25) is 0 Å². The van der Waals surface area contributed by atoms with Gasteiger partial charge in [0.15, 0.2) is 17.5 Å². The summed E-state index contributed by atoms with van der Waals surface area (Å²) in [7, 11) is 0. The Labute approximate surface area is 293 Å². The molecule has 0 radical (unpaired) electrons. The maximum atomic E-state index is 9.68. The molecule has 2 aliphatic carbocycles. The first-order valence-electron chi connectivity index (χ1n) is 17.9. The van der Waals surface area contributed by atoms with Gasteiger partial charge in [-0.2, -0.15) is 5.26 Å². The minimum Gasteiger partial charge on any atom is -0.309 e. The average molecular weight is 650 g/mol. The minimum atomic E-state index is 0.272. The summed E-state index contributed by atoms with van der Waals surface area (Å²) in [6, 6.07) is 44.2. The van der Waals surface area contributed by atoms with E-state index in [9.17, 15) is 5.26 Å². The molecule has 2 heterocycles. The molecule has 5 heteroatoms. The number of hydrogen-bond donors (Lipinski definition) is 0. The van der Waals surface area contributed by atoms with Gasteiger partial charge < -0.3 is 4.57 Å². The van der Waals surface area contributed by atoms with E-state index in [2.05, 4.69) is 109 Å². The summed E-state index contributed by atoms with van der Waals surface area (Å²) in [4.78, 5) is 15.4. The SMILES string of the molecule is C[C@@H]1CC2C[C@H](C)CC(c3ccc(-c4nc(-c5ccccc5)nc(-c5cccc6c5c5ccccc5n6-c5cccc(C#N)c5)n4)cc3)(C2)C1. The topological polar surface area (TPSA) is 67.4 Å². The van der Waals surface area contributed by atoms with Crippen LogP contribution in [0.3, 0.4) is 0 Å². The zero-order chi connectivity index (χ0) is 33.8. The van der Waals surface area contributed by atoms with Gasteiger partial charge in [0.1, 0.15) is 0 Å². The molecule has 0 amide bonds. The predicted molar refractivity (Wildman–Crippen MR) is 202 cm³/mol. The lowest BCUT2D eigenvalue weighted by molar-refractivity contribution is 0.0780. The van der Waals surface area contributed by atoms with Crippen LogP contribution in [0.25, 0.3) is 61.7 Å². The number of nitrogens with zero attached hydrogens (tertiary/aromatic N) is 5. The highest BCUT2D eigenvalue weighted by atomic mass is 15.0. The first-order valence-corrected chi connectivity index (χ1v) is 17.9. The summed E-state index contributed by atoms with van der Waals surface area (Å²) in [6.07, 6.45) is 6.61. The van der Waals surface area contributed by atoms with Gasteiger partial charge >= 0.3 is 0 Å². The molecule has 9 rings (SSSR count). The van der Waals surface area contributed by atoms with E-state index in [0.29, 0.717) is 23.0 Å². The summed E-state index contributed by atoms with van der Waals surface area (Å²) < 4.78 is 2.23. The maximum Gasteiger partial charge on any atom is 0.164 e. The van der Waals surface area contributed by atoms with Crippen molar-refractivity contribution in [2.45, 2.75) is 51.4 Å². The molecular weight excluding hydrogens is 611 g/mol. The normalized spacial score (nSPS) is 21.7. The number of aromatic nitrogens is 4. The summed E-state index contributed by atoms with van der Waals surface area (Å²) in [5.41, 5.74) is 8.31. The van der Waals surface area contributed by atoms with Crippen LogP contribution in [-0.2, 0) is 5.41 Å². The van der Waals surface area contributed by atoms with Crippen LogP contribution < -0.4 is 0 Å². The number of para-hydroxylation sites is 1. The van der Waals surface area contributed by atoms with Crippen molar-refractivity contribution in [3.05, 3.63) is 132 Å². The summed E-state index contributed by atoms with van der Waals surface area (Å²) in [5.74, 6) is 4.34. The standard InChI is InChI=1S/C45H39N5/c1-29-22-32-23-30(2)26-45(25-29,27-32)35-20-18-34(19-21-35)43-47-42(33-11-4-3-5-12-33)48-44(49-43)38-15-9-17-40-41(38)37-14-6-7-16-39(37)50(40)36-13-8-10-31(24-36)28-46/h3-21,24,29-30,32H,22-23,25-27H2,1-2H3/t29-,30+,32?,45?. The Morgan fingerprint density at radius 1 is 0.640 bits per heavy atom. The fraction of sp³-hybridized carbons (Fsp3) is 0.244. The number of hydrogen-bond acceptors (Lipinski definition) is 4. The molecule has 4 atom stereocenters. The van der Waals surface area contributed by atoms with Gasteiger partial charge in [-0.25, -0.2) is 15.0 Å². The van der Waals surface area contributed by atoms with Gasteiger partial charge in [-0.1, -0.05) is 105 Å². The van der Waals surface area contributed by atoms with E-state index in [4.69, 9.17) is 15.0 Å². The van der Waals surface area contributed by atoms with Crippen LogP contribution in [0.1, 0.15) is 57.1 Å². The smallest absolute Gasteiger partial charge is 0.164 e. The highest BCUT2D eigenvalue weighted by Gasteiger charge is 2.45. The maximum absolute atomic E-state index is 9.68. The van der Waals surface area contributed by atoms with Crippen molar-refractivity contribution in [3.8, 4) is 45.9 Å². The molecule has 5 aromatic carbocycles. The van der Waals surface area contributed by atoms with Crippen LogP contribution in [0.4, 0.5) is 0 Å². The Bertz CT molecular complexity index is 2400. The second-order valence-electron chi connectivity index (χ2n) is 14.9. The van der Waals surface area contributed by atoms with Crippen molar-refractivity contribution in [2.24, 2.45) is 17.8 Å². The van der Waals surface area contributed by atoms with E-state index in [-0.39, 0.29) is 5.41 Å². The second-order valence-corrected chi connectivity index (χ2v) is 14.9. The molecule has 0 N–H and O–H groups in total. The molecular formula is C45H39N5. The van der Waals surface area contributed by atoms with Crippen molar-refractivity contribution in [1.82, 2.24) is 19.5 Å². The molecule has 2 aliphatic rings. The summed E-state index contributed by atoms with van der Waals surface area (Å²) in [6.45, 7) is 4.90. The zero-order valence-electron chi connectivity index (χ0n) is 28.6. The van der Waals surface area contributed by atoms with Gasteiger partial charge in [-0.15, -0.1) is 0 Å². The van der Waals surface area contributed by atoms with Crippen LogP contribution in [0.15, 0.2) is 121 Å². The highest BCUT2D eigenvalue weighted by molar-refractivity contribution is 6.15. The minimum absolute atomic E-state index is 0.272. The van der Waals surface area contributed by atoms with Crippen molar-refractivity contribution in [1.29, 1.82) is 5.26 Å². The molecule has 0 spiro atoms. The number of fused-ring (bicyclic) bond motifs is 5. The summed E-state index contributed by atoms with van der Waals surface area (Å²) in [5, 5.41) is 11.9. The monoisotopic (exact) mass is 649 g/mol. The van der Waals surface area contributed by atoms with Gasteiger partial charge in [-0.3, -0.25) is 0 Å². The van der Waals surface area contributed by atoms with E-state index >= 15 is 0 Å². The van der Waals surface area contributed by atoms with E-state index in [1.807, 2.05) is 36.4 Å². The van der Waals surface area contributed by atoms with Gasteiger partial charge in [0.05, 0.1) is 22.7 Å². The number of benzene rings is 5. The Hall–Kier alpha value is -5.60. The number of nitriles is 1. The lowest BCUT2D eigenvalue weighted by atomic mass is 9.54. The van der Waals surface area contributed by atoms with Crippen LogP contribution in [0.5, 0.6) is 0 Å². The van der Waals surface area contributed by atoms with Crippen LogP contribution in [0, 0.1) is 29.1 Å². The molecule has 5 nitrogen and oxygen atoms in total. The largest absolute Gasteiger partial charge is 0.309 e. The lowest BCUT2D eigenvalue weighted by Gasteiger charge is -2.50. The molecule has 0 aliphatic heterocycles. The van der Waals surface area contributed by atoms with Gasteiger partial charge in [0.25, 0.3) is 0 Å². The van der Waals surface area contributed by atoms with Gasteiger partial charge in [0.2, 0.25) is 0 Å². The Morgan fingerprint density at radius 3 is 2.02 bits per heavy atom. The van der Waals surface area contributed by atoms with E-state index in [0.717, 1.165) is 61.9 Å². The molecule has 2 fully saturated rings. The van der Waals surface area contributed by atoms with Crippen LogP contribution >= 0.6 is 0 Å². The molecule has 244 valence electrons. The van der Waals surface area contributed by atoms with Crippen LogP contribution in [-0.4, -0.2) is 19.5 Å². The van der Waals surface area contributed by atoms with Crippen molar-refractivity contribution < 1.29 is 0 Å². The predicted octanol–water partition coefficient (Wildman–Crippen LogP) is 10.9. The highest BCUT2D eigenvalue weighted by Crippen LogP contribution is 2.54. The fourth-order valence-corrected chi connectivity index (χ4v) is 9.57. The first-order chi connectivity index (χ1) is 24.5. The third kappa shape index (κ3) is 5.18. The molecule has 50 heavy (non-hydrogen) atoms. The Morgan fingerprint density at radius 2 is 1.28 bits per heavy atom. The first kappa shape index (κ1) is 30.5. The lowest BCUT2D eigenvalue weighted by Crippen LogP contribution is -2.42. The average Bonchev–Trinajstić information content (AvgIpc) is 3.49. The van der Waals surface area contributed by atoms with Crippen molar-refractivity contribution in [2.75, 3.05) is 0 Å². The Kier molecular flexibility index (Phi) is 7.35. The molecule has 2 aromatic heterocycles. The zero-order valence-corrected chi connectivity index (χ0v) is 28.6. The fourth-order valence-electron chi connectivity index (χ4n) is 9.57. The van der Waals surface area contributed by atoms with Gasteiger partial charge in [-0.05, 0) is 91.2 Å². The number of rotatable bonds is 5. The van der Waals surface area contributed by atoms with E-state index < -0.39 is 0 Å². The third-order valence-corrected chi connectivity index (χ3v) is 11.2. The van der Waals surface area contributed by atoms with E-state index in [1.165, 1.54) is 37.7 Å². The third-order valence-electron chi connectivity index (χ3n) is 11.2. The van der Waals surface area contributed by atoms with Crippen molar-refractivity contribution in [3.63, 3.8) is 0 Å². The summed E-state index contributed by atoms with van der Waals surface area (Å²) >= 11 is 0.